The molecule has 0 unspecified atom stereocenters. The van der Waals surface area contributed by atoms with E-state index in [1.54, 1.807) is 0 Å². The maximum absolute atomic E-state index is 2.39. The standard InChI is InChI=1S/C25H28/c1(5-12-22-13-7-3-8-14-22)2-6-15-24-18-11-19-25(21-24)20-23-16-9-4-10-17-23/h3-4,7-11,13-14,16-19,21H,1-2,5-6,12,15,20H2. The fraction of sp³-hybridized carbons (Fsp3) is 0.280. The first-order valence-electron chi connectivity index (χ1n) is 9.56. The van der Waals surface area contributed by atoms with E-state index in [9.17, 15) is 0 Å². The first kappa shape index (κ1) is 17.5. The molecule has 0 fully saturated rings. The number of benzene rings is 3. The summed E-state index contributed by atoms with van der Waals surface area (Å²) in [5.41, 5.74) is 5.76. The van der Waals surface area contributed by atoms with Crippen LogP contribution in [-0.4, -0.2) is 0 Å². The second kappa shape index (κ2) is 9.84. The lowest BCUT2D eigenvalue weighted by Crippen LogP contribution is -1.92. The number of aryl methyl sites for hydroxylation is 2. The van der Waals surface area contributed by atoms with Crippen molar-refractivity contribution in [2.45, 2.75) is 44.9 Å². The van der Waals surface area contributed by atoms with Crippen molar-refractivity contribution in [1.82, 2.24) is 0 Å². The van der Waals surface area contributed by atoms with Crippen LogP contribution in [0.3, 0.4) is 0 Å². The van der Waals surface area contributed by atoms with Crippen LogP contribution in [0.4, 0.5) is 0 Å². The molecular formula is C25H28. The molecule has 0 bridgehead atoms. The van der Waals surface area contributed by atoms with Gasteiger partial charge in [-0.2, -0.15) is 0 Å². The van der Waals surface area contributed by atoms with E-state index in [0.29, 0.717) is 0 Å². The molecule has 0 amide bonds. The van der Waals surface area contributed by atoms with Crippen LogP contribution in [-0.2, 0) is 19.3 Å². The van der Waals surface area contributed by atoms with Crippen molar-refractivity contribution in [3.05, 3.63) is 107 Å². The molecule has 0 nitrogen and oxygen atoms in total. The Kier molecular flexibility index (Phi) is 6.88. The molecule has 0 aromatic heterocycles. The van der Waals surface area contributed by atoms with E-state index in [1.165, 1.54) is 60.8 Å². The van der Waals surface area contributed by atoms with E-state index in [-0.39, 0.29) is 0 Å². The second-order valence-corrected chi connectivity index (χ2v) is 6.88. The molecule has 0 radical (unpaired) electrons. The summed E-state index contributed by atoms with van der Waals surface area (Å²) in [4.78, 5) is 0. The van der Waals surface area contributed by atoms with Gasteiger partial charge in [0.2, 0.25) is 0 Å². The average Bonchev–Trinajstić information content (AvgIpc) is 2.66. The highest BCUT2D eigenvalue weighted by atomic mass is 14.0. The lowest BCUT2D eigenvalue weighted by Gasteiger charge is -2.06. The summed E-state index contributed by atoms with van der Waals surface area (Å²) in [6.45, 7) is 0. The first-order valence-corrected chi connectivity index (χ1v) is 9.56. The fourth-order valence-corrected chi connectivity index (χ4v) is 3.38. The van der Waals surface area contributed by atoms with Crippen LogP contribution in [0.25, 0.3) is 0 Å². The van der Waals surface area contributed by atoms with Gasteiger partial charge >= 0.3 is 0 Å². The molecule has 0 N–H and O–H groups in total. The van der Waals surface area contributed by atoms with Gasteiger partial charge in [-0.3, -0.25) is 0 Å². The minimum Gasteiger partial charge on any atom is -0.0622 e. The van der Waals surface area contributed by atoms with Crippen LogP contribution in [0.5, 0.6) is 0 Å². The number of unbranched alkanes of at least 4 members (excludes halogenated alkanes) is 3. The van der Waals surface area contributed by atoms with Crippen LogP contribution < -0.4 is 0 Å². The topological polar surface area (TPSA) is 0 Å². The Morgan fingerprint density at radius 2 is 0.920 bits per heavy atom. The van der Waals surface area contributed by atoms with E-state index in [2.05, 4.69) is 84.9 Å². The summed E-state index contributed by atoms with van der Waals surface area (Å²) < 4.78 is 0. The molecule has 0 saturated heterocycles. The molecule has 3 aromatic rings. The van der Waals surface area contributed by atoms with Crippen molar-refractivity contribution in [2.24, 2.45) is 0 Å². The minimum absolute atomic E-state index is 1.03. The molecule has 3 rings (SSSR count). The Hall–Kier alpha value is -2.34. The summed E-state index contributed by atoms with van der Waals surface area (Å²) >= 11 is 0. The summed E-state index contributed by atoms with van der Waals surface area (Å²) in [7, 11) is 0. The van der Waals surface area contributed by atoms with Gasteiger partial charge in [0.1, 0.15) is 0 Å². The van der Waals surface area contributed by atoms with E-state index in [1.807, 2.05) is 0 Å². The van der Waals surface area contributed by atoms with Gasteiger partial charge < -0.3 is 0 Å². The lowest BCUT2D eigenvalue weighted by molar-refractivity contribution is 0.640. The first-order chi connectivity index (χ1) is 12.4. The van der Waals surface area contributed by atoms with Crippen LogP contribution in [0, 0.1) is 0 Å². The molecule has 0 spiro atoms. The Morgan fingerprint density at radius 1 is 0.400 bits per heavy atom. The van der Waals surface area contributed by atoms with Gasteiger partial charge in [-0.15, -0.1) is 0 Å². The predicted octanol–water partition coefficient (Wildman–Crippen LogP) is 6.62. The molecule has 0 heteroatoms. The van der Waals surface area contributed by atoms with Gasteiger partial charge in [0.05, 0.1) is 0 Å². The molecule has 25 heavy (non-hydrogen) atoms. The molecule has 0 aliphatic heterocycles. The summed E-state index contributed by atoms with van der Waals surface area (Å²) in [6, 6.07) is 30.7. The third-order valence-corrected chi connectivity index (χ3v) is 4.77. The minimum atomic E-state index is 1.03. The Bertz CT molecular complexity index is 728. The van der Waals surface area contributed by atoms with Crippen molar-refractivity contribution < 1.29 is 0 Å². The van der Waals surface area contributed by atoms with Gasteiger partial charge in [-0.1, -0.05) is 97.8 Å². The number of rotatable bonds is 9. The van der Waals surface area contributed by atoms with E-state index >= 15 is 0 Å². The monoisotopic (exact) mass is 328 g/mol. The molecule has 0 atom stereocenters. The molecule has 0 aliphatic carbocycles. The summed E-state index contributed by atoms with van der Waals surface area (Å²) in [5.74, 6) is 0. The molecule has 0 aliphatic rings. The average molecular weight is 328 g/mol. The fourth-order valence-electron chi connectivity index (χ4n) is 3.38. The predicted molar refractivity (Wildman–Crippen MR) is 108 cm³/mol. The summed E-state index contributed by atoms with van der Waals surface area (Å²) in [5, 5.41) is 0. The van der Waals surface area contributed by atoms with E-state index in [0.717, 1.165) is 6.42 Å². The van der Waals surface area contributed by atoms with Gasteiger partial charge in [-0.25, -0.2) is 0 Å². The van der Waals surface area contributed by atoms with Crippen molar-refractivity contribution >= 4 is 0 Å². The largest absolute Gasteiger partial charge is 0.0622 e. The van der Waals surface area contributed by atoms with Gasteiger partial charge in [0.15, 0.2) is 0 Å². The zero-order valence-electron chi connectivity index (χ0n) is 15.0. The zero-order valence-corrected chi connectivity index (χ0v) is 15.0. The van der Waals surface area contributed by atoms with Crippen LogP contribution >= 0.6 is 0 Å². The number of hydrogen-bond acceptors (Lipinski definition) is 0. The quantitative estimate of drug-likeness (QED) is 0.387. The van der Waals surface area contributed by atoms with Crippen molar-refractivity contribution in [1.29, 1.82) is 0 Å². The van der Waals surface area contributed by atoms with Crippen LogP contribution in [0.2, 0.25) is 0 Å². The van der Waals surface area contributed by atoms with Gasteiger partial charge in [0, 0.05) is 0 Å². The normalized spacial score (nSPS) is 10.7. The lowest BCUT2D eigenvalue weighted by atomic mass is 9.99. The molecule has 128 valence electrons. The maximum Gasteiger partial charge on any atom is -0.00257 e. The smallest absolute Gasteiger partial charge is 0.00257 e. The maximum atomic E-state index is 2.39. The van der Waals surface area contributed by atoms with Crippen molar-refractivity contribution in [3.63, 3.8) is 0 Å². The molecule has 0 saturated carbocycles. The third kappa shape index (κ3) is 6.23. The Morgan fingerprint density at radius 3 is 1.60 bits per heavy atom. The Labute approximate surface area is 152 Å². The van der Waals surface area contributed by atoms with Gasteiger partial charge in [-0.05, 0) is 54.4 Å². The highest BCUT2D eigenvalue weighted by molar-refractivity contribution is 5.29. The van der Waals surface area contributed by atoms with E-state index in [4.69, 9.17) is 0 Å². The van der Waals surface area contributed by atoms with Crippen LogP contribution in [0.1, 0.15) is 47.9 Å². The van der Waals surface area contributed by atoms with E-state index < -0.39 is 0 Å². The zero-order chi connectivity index (χ0) is 17.2. The SMILES string of the molecule is c1ccc(CCCCCCc2cccc(Cc3ccccc3)c2)cc1. The van der Waals surface area contributed by atoms with Crippen molar-refractivity contribution in [2.75, 3.05) is 0 Å². The Balaban J connectivity index is 1.37. The molecular weight excluding hydrogens is 300 g/mol. The van der Waals surface area contributed by atoms with Crippen LogP contribution in [0.15, 0.2) is 84.9 Å². The van der Waals surface area contributed by atoms with Crippen molar-refractivity contribution in [3.8, 4) is 0 Å². The molecule has 0 heterocycles. The highest BCUT2D eigenvalue weighted by Crippen LogP contribution is 2.14. The summed E-state index contributed by atoms with van der Waals surface area (Å²) in [6.07, 6.45) is 8.71. The molecule has 3 aromatic carbocycles. The second-order valence-electron chi connectivity index (χ2n) is 6.88. The highest BCUT2D eigenvalue weighted by Gasteiger charge is 1.99. The van der Waals surface area contributed by atoms with Gasteiger partial charge in [0.25, 0.3) is 0 Å². The third-order valence-electron chi connectivity index (χ3n) is 4.77. The number of hydrogen-bond donors (Lipinski definition) is 0.